The van der Waals surface area contributed by atoms with E-state index in [1.54, 1.807) is 13.2 Å². The minimum atomic E-state index is -0.198. The highest BCUT2D eigenvalue weighted by Gasteiger charge is 2.19. The Hall–Kier alpha value is -3.35. The molecule has 2 amide bonds. The fourth-order valence-electron chi connectivity index (χ4n) is 3.32. The molecule has 0 radical (unpaired) electrons. The van der Waals surface area contributed by atoms with Crippen LogP contribution in [-0.4, -0.2) is 28.3 Å². The first-order chi connectivity index (χ1) is 13.0. The zero-order valence-electron chi connectivity index (χ0n) is 15.2. The smallest absolute Gasteiger partial charge is 0.230 e. The van der Waals surface area contributed by atoms with E-state index in [1.807, 2.05) is 41.9 Å². The number of methoxy groups -OCH3 is 1. The van der Waals surface area contributed by atoms with Gasteiger partial charge in [-0.05, 0) is 42.7 Å². The van der Waals surface area contributed by atoms with Gasteiger partial charge in [-0.2, -0.15) is 0 Å². The largest absolute Gasteiger partial charge is 0.495 e. The highest BCUT2D eigenvalue weighted by molar-refractivity contribution is 5.98. The standard InChI is InChI=1S/C20H20N4O3/c1-12-4-3-7-24-11-14(21-20(12)24)9-19(26)23-16-10-15-13(8-17(16)27-2)5-6-18(25)22-15/h3-4,7-8,10-11H,5-6,9H2,1-2H3,(H,22,25)(H,23,26). The summed E-state index contributed by atoms with van der Waals surface area (Å²) in [6, 6.07) is 7.54. The van der Waals surface area contributed by atoms with Crippen LogP contribution < -0.4 is 15.4 Å². The van der Waals surface area contributed by atoms with Gasteiger partial charge in [-0.15, -0.1) is 0 Å². The van der Waals surface area contributed by atoms with Gasteiger partial charge in [0, 0.05) is 24.5 Å². The molecule has 1 aliphatic rings. The van der Waals surface area contributed by atoms with Crippen LogP contribution in [0.15, 0.2) is 36.7 Å². The number of aryl methyl sites for hydroxylation is 2. The number of carbonyl (C=O) groups excluding carboxylic acids is 2. The maximum absolute atomic E-state index is 12.5. The number of aromatic nitrogens is 2. The minimum Gasteiger partial charge on any atom is -0.495 e. The molecule has 3 aromatic rings. The summed E-state index contributed by atoms with van der Waals surface area (Å²) >= 11 is 0. The normalized spacial score (nSPS) is 13.2. The predicted octanol–water partition coefficient (Wildman–Crippen LogP) is 2.72. The van der Waals surface area contributed by atoms with E-state index in [2.05, 4.69) is 15.6 Å². The fraction of sp³-hybridized carbons (Fsp3) is 0.250. The van der Waals surface area contributed by atoms with Crippen LogP contribution in [0.2, 0.25) is 0 Å². The number of carbonyl (C=O) groups is 2. The molecule has 0 atom stereocenters. The Kier molecular flexibility index (Phi) is 4.27. The highest BCUT2D eigenvalue weighted by Crippen LogP contribution is 2.34. The second-order valence-corrected chi connectivity index (χ2v) is 6.64. The fourth-order valence-corrected chi connectivity index (χ4v) is 3.32. The number of hydrogen-bond acceptors (Lipinski definition) is 4. The average molecular weight is 364 g/mol. The zero-order chi connectivity index (χ0) is 19.0. The Bertz CT molecular complexity index is 1050. The molecule has 0 saturated heterocycles. The molecular formula is C20H20N4O3. The summed E-state index contributed by atoms with van der Waals surface area (Å²) in [5, 5.41) is 5.71. The van der Waals surface area contributed by atoms with Crippen molar-refractivity contribution >= 4 is 28.8 Å². The Labute approximate surface area is 156 Å². The molecule has 3 heterocycles. The van der Waals surface area contributed by atoms with Crippen molar-refractivity contribution in [3.63, 3.8) is 0 Å². The van der Waals surface area contributed by atoms with Gasteiger partial charge in [0.25, 0.3) is 0 Å². The molecule has 2 N–H and O–H groups in total. The molecule has 0 fully saturated rings. The van der Waals surface area contributed by atoms with Crippen molar-refractivity contribution in [2.45, 2.75) is 26.2 Å². The Balaban J connectivity index is 1.55. The number of amides is 2. The van der Waals surface area contributed by atoms with E-state index in [9.17, 15) is 9.59 Å². The number of benzene rings is 1. The molecule has 0 unspecified atom stereocenters. The number of imidazole rings is 1. The Morgan fingerprint density at radius 3 is 3.00 bits per heavy atom. The summed E-state index contributed by atoms with van der Waals surface area (Å²) in [5.74, 6) is 0.352. The zero-order valence-corrected chi connectivity index (χ0v) is 15.2. The van der Waals surface area contributed by atoms with E-state index in [1.165, 1.54) is 0 Å². The predicted molar refractivity (Wildman–Crippen MR) is 102 cm³/mol. The Morgan fingerprint density at radius 1 is 1.37 bits per heavy atom. The van der Waals surface area contributed by atoms with Gasteiger partial charge in [-0.3, -0.25) is 9.59 Å². The van der Waals surface area contributed by atoms with Crippen molar-refractivity contribution in [1.82, 2.24) is 9.38 Å². The molecule has 7 heteroatoms. The van der Waals surface area contributed by atoms with Crippen LogP contribution in [0.25, 0.3) is 5.65 Å². The van der Waals surface area contributed by atoms with Crippen molar-refractivity contribution in [2.24, 2.45) is 0 Å². The van der Waals surface area contributed by atoms with Gasteiger partial charge in [0.2, 0.25) is 11.8 Å². The Morgan fingerprint density at radius 2 is 2.22 bits per heavy atom. The molecule has 4 rings (SSSR count). The lowest BCUT2D eigenvalue weighted by atomic mass is 10.0. The van der Waals surface area contributed by atoms with Crippen LogP contribution >= 0.6 is 0 Å². The van der Waals surface area contributed by atoms with Crippen molar-refractivity contribution in [3.8, 4) is 5.75 Å². The van der Waals surface area contributed by atoms with E-state index in [0.717, 1.165) is 16.8 Å². The van der Waals surface area contributed by atoms with Crippen LogP contribution in [0.1, 0.15) is 23.2 Å². The number of rotatable bonds is 4. The average Bonchev–Trinajstić information content (AvgIpc) is 3.04. The van der Waals surface area contributed by atoms with Crippen LogP contribution in [0.5, 0.6) is 5.75 Å². The minimum absolute atomic E-state index is 0.0231. The molecule has 0 saturated carbocycles. The molecular weight excluding hydrogens is 344 g/mol. The van der Waals surface area contributed by atoms with Crippen LogP contribution in [0.4, 0.5) is 11.4 Å². The van der Waals surface area contributed by atoms with Crippen molar-refractivity contribution in [3.05, 3.63) is 53.5 Å². The second kappa shape index (κ2) is 6.75. The van der Waals surface area contributed by atoms with Crippen LogP contribution in [0, 0.1) is 6.92 Å². The van der Waals surface area contributed by atoms with E-state index >= 15 is 0 Å². The topological polar surface area (TPSA) is 84.7 Å². The first kappa shape index (κ1) is 17.1. The third-order valence-corrected chi connectivity index (χ3v) is 4.66. The van der Waals surface area contributed by atoms with Gasteiger partial charge in [0.05, 0.1) is 24.9 Å². The molecule has 1 aliphatic heterocycles. The summed E-state index contributed by atoms with van der Waals surface area (Å²) in [6.07, 6.45) is 5.02. The second-order valence-electron chi connectivity index (χ2n) is 6.64. The first-order valence-electron chi connectivity index (χ1n) is 8.77. The van der Waals surface area contributed by atoms with Gasteiger partial charge in [0.1, 0.15) is 11.4 Å². The van der Waals surface area contributed by atoms with E-state index < -0.39 is 0 Å². The van der Waals surface area contributed by atoms with E-state index in [-0.39, 0.29) is 18.2 Å². The molecule has 138 valence electrons. The summed E-state index contributed by atoms with van der Waals surface area (Å²) in [5.41, 5.74) is 4.83. The van der Waals surface area contributed by atoms with Crippen molar-refractivity contribution in [1.29, 1.82) is 0 Å². The molecule has 27 heavy (non-hydrogen) atoms. The number of pyridine rings is 1. The van der Waals surface area contributed by atoms with Gasteiger partial charge >= 0.3 is 0 Å². The number of anilines is 2. The summed E-state index contributed by atoms with van der Waals surface area (Å²) < 4.78 is 7.32. The number of nitrogens with zero attached hydrogens (tertiary/aromatic N) is 2. The quantitative estimate of drug-likeness (QED) is 0.745. The summed E-state index contributed by atoms with van der Waals surface area (Å²) in [6.45, 7) is 1.98. The summed E-state index contributed by atoms with van der Waals surface area (Å²) in [4.78, 5) is 28.7. The molecule has 2 aromatic heterocycles. The third-order valence-electron chi connectivity index (χ3n) is 4.66. The number of ether oxygens (including phenoxy) is 1. The lowest BCUT2D eigenvalue weighted by molar-refractivity contribution is -0.116. The first-order valence-corrected chi connectivity index (χ1v) is 8.77. The van der Waals surface area contributed by atoms with Crippen molar-refractivity contribution in [2.75, 3.05) is 17.7 Å². The van der Waals surface area contributed by atoms with Gasteiger partial charge in [0.15, 0.2) is 0 Å². The number of nitrogens with one attached hydrogen (secondary N) is 2. The van der Waals surface area contributed by atoms with Crippen molar-refractivity contribution < 1.29 is 14.3 Å². The lowest BCUT2D eigenvalue weighted by Crippen LogP contribution is -2.20. The SMILES string of the molecule is COc1cc2c(cc1NC(=O)Cc1cn3cccc(C)c3n1)NC(=O)CC2. The maximum atomic E-state index is 12.5. The molecule has 0 aliphatic carbocycles. The maximum Gasteiger partial charge on any atom is 0.230 e. The lowest BCUT2D eigenvalue weighted by Gasteiger charge is -2.20. The van der Waals surface area contributed by atoms with Gasteiger partial charge in [-0.25, -0.2) is 4.98 Å². The number of fused-ring (bicyclic) bond motifs is 2. The van der Waals surface area contributed by atoms with Crippen LogP contribution in [0.3, 0.4) is 0 Å². The van der Waals surface area contributed by atoms with Crippen LogP contribution in [-0.2, 0) is 22.4 Å². The van der Waals surface area contributed by atoms with Gasteiger partial charge < -0.3 is 19.8 Å². The monoisotopic (exact) mass is 364 g/mol. The van der Waals surface area contributed by atoms with E-state index in [0.29, 0.717) is 35.7 Å². The molecule has 1 aromatic carbocycles. The van der Waals surface area contributed by atoms with Gasteiger partial charge in [-0.1, -0.05) is 6.07 Å². The van der Waals surface area contributed by atoms with E-state index in [4.69, 9.17) is 4.74 Å². The summed E-state index contributed by atoms with van der Waals surface area (Å²) in [7, 11) is 1.56. The molecule has 0 spiro atoms. The molecule has 7 nitrogen and oxygen atoms in total. The molecule has 0 bridgehead atoms. The number of hydrogen-bond donors (Lipinski definition) is 2. The third kappa shape index (κ3) is 3.36. The highest BCUT2D eigenvalue weighted by atomic mass is 16.5.